The normalized spacial score (nSPS) is 11.2. The number of fused-ring (bicyclic) bond motifs is 1. The van der Waals surface area contributed by atoms with Crippen molar-refractivity contribution >= 4 is 41.3 Å². The van der Waals surface area contributed by atoms with Crippen LogP contribution in [0.4, 0.5) is 28.0 Å². The summed E-state index contributed by atoms with van der Waals surface area (Å²) in [4.78, 5) is 29.0. The van der Waals surface area contributed by atoms with Crippen LogP contribution in [-0.4, -0.2) is 31.1 Å². The van der Waals surface area contributed by atoms with Gasteiger partial charge in [-0.2, -0.15) is 13.2 Å². The van der Waals surface area contributed by atoms with E-state index in [1.165, 1.54) is 38.6 Å². The molecule has 0 saturated carbocycles. The number of imide groups is 1. The molecule has 0 spiro atoms. The third kappa shape index (κ3) is 6.37. The third-order valence-corrected chi connectivity index (χ3v) is 6.04. The van der Waals surface area contributed by atoms with E-state index in [2.05, 4.69) is 17.8 Å². The van der Waals surface area contributed by atoms with E-state index < -0.39 is 35.9 Å². The Hall–Kier alpha value is -4.52. The van der Waals surface area contributed by atoms with Crippen LogP contribution in [0.2, 0.25) is 0 Å². The SMILES string of the molecule is COc1cc2nccc(Oc3ccc(N(S)C(=O)NC(=O)Cc4cccc(C(F)(F)F)c4)c(F)c3)c2cc1OC. The van der Waals surface area contributed by atoms with Crippen LogP contribution in [0.15, 0.2) is 66.9 Å². The summed E-state index contributed by atoms with van der Waals surface area (Å²) in [5.41, 5.74) is -0.646. The first-order valence-electron chi connectivity index (χ1n) is 11.5. The average molecular weight is 576 g/mol. The number of halogens is 4. The van der Waals surface area contributed by atoms with E-state index >= 15 is 0 Å². The van der Waals surface area contributed by atoms with Crippen molar-refractivity contribution in [3.63, 3.8) is 0 Å². The molecule has 0 saturated heterocycles. The Kier molecular flexibility index (Phi) is 8.33. The topological polar surface area (TPSA) is 90.0 Å². The minimum Gasteiger partial charge on any atom is -0.493 e. The van der Waals surface area contributed by atoms with Gasteiger partial charge in [0.25, 0.3) is 0 Å². The molecule has 3 amide bonds. The smallest absolute Gasteiger partial charge is 0.416 e. The van der Waals surface area contributed by atoms with E-state index in [4.69, 9.17) is 14.2 Å². The van der Waals surface area contributed by atoms with Crippen LogP contribution in [0.5, 0.6) is 23.0 Å². The summed E-state index contributed by atoms with van der Waals surface area (Å²) in [6.45, 7) is 0. The first kappa shape index (κ1) is 28.5. The molecule has 13 heteroatoms. The van der Waals surface area contributed by atoms with Gasteiger partial charge in [0, 0.05) is 23.7 Å². The molecular formula is C27H21F4N3O5S. The minimum atomic E-state index is -4.58. The lowest BCUT2D eigenvalue weighted by molar-refractivity contribution is -0.137. The van der Waals surface area contributed by atoms with Gasteiger partial charge in [0.2, 0.25) is 5.91 Å². The van der Waals surface area contributed by atoms with Crippen molar-refractivity contribution < 1.29 is 41.4 Å². The highest BCUT2D eigenvalue weighted by Gasteiger charge is 2.30. The van der Waals surface area contributed by atoms with Gasteiger partial charge >= 0.3 is 12.2 Å². The quantitative estimate of drug-likeness (QED) is 0.198. The Morgan fingerprint density at radius 2 is 1.70 bits per heavy atom. The highest BCUT2D eigenvalue weighted by Crippen LogP contribution is 2.37. The van der Waals surface area contributed by atoms with Crippen molar-refractivity contribution in [3.05, 3.63) is 83.8 Å². The predicted molar refractivity (Wildman–Crippen MR) is 141 cm³/mol. The number of ether oxygens (including phenoxy) is 3. The second-order valence-corrected chi connectivity index (χ2v) is 8.69. The number of aromatic nitrogens is 1. The second-order valence-electron chi connectivity index (χ2n) is 8.29. The van der Waals surface area contributed by atoms with Gasteiger partial charge in [-0.3, -0.25) is 15.1 Å². The van der Waals surface area contributed by atoms with E-state index in [0.29, 0.717) is 32.5 Å². The molecule has 1 aromatic heterocycles. The molecule has 0 atom stereocenters. The third-order valence-electron chi connectivity index (χ3n) is 5.64. The van der Waals surface area contributed by atoms with Gasteiger partial charge < -0.3 is 14.2 Å². The van der Waals surface area contributed by atoms with E-state index in [1.54, 1.807) is 18.2 Å². The van der Waals surface area contributed by atoms with Gasteiger partial charge in [-0.15, -0.1) is 0 Å². The lowest BCUT2D eigenvalue weighted by Crippen LogP contribution is -2.39. The molecular weight excluding hydrogens is 554 g/mol. The molecule has 8 nitrogen and oxygen atoms in total. The second kappa shape index (κ2) is 11.7. The van der Waals surface area contributed by atoms with Crippen LogP contribution in [0.25, 0.3) is 10.9 Å². The molecule has 0 aliphatic heterocycles. The highest BCUT2D eigenvalue weighted by molar-refractivity contribution is 7.82. The number of carbonyl (C=O) groups is 2. The first-order valence-corrected chi connectivity index (χ1v) is 11.9. The van der Waals surface area contributed by atoms with Crippen molar-refractivity contribution in [3.8, 4) is 23.0 Å². The number of thiol groups is 1. The van der Waals surface area contributed by atoms with Crippen molar-refractivity contribution in [2.45, 2.75) is 12.6 Å². The summed E-state index contributed by atoms with van der Waals surface area (Å²) >= 11 is 3.97. The summed E-state index contributed by atoms with van der Waals surface area (Å²) in [6, 6.07) is 11.5. The maximum Gasteiger partial charge on any atom is 0.416 e. The van der Waals surface area contributed by atoms with Crippen LogP contribution in [0.3, 0.4) is 0 Å². The molecule has 0 unspecified atom stereocenters. The number of hydrogen-bond donors (Lipinski definition) is 2. The fraction of sp³-hybridized carbons (Fsp3) is 0.148. The molecule has 0 bridgehead atoms. The number of carbonyl (C=O) groups excluding carboxylic acids is 2. The summed E-state index contributed by atoms with van der Waals surface area (Å²) in [5.74, 6) is -0.458. The van der Waals surface area contributed by atoms with Crippen LogP contribution in [0.1, 0.15) is 11.1 Å². The Morgan fingerprint density at radius 1 is 0.975 bits per heavy atom. The number of nitrogens with zero attached hydrogens (tertiary/aromatic N) is 2. The van der Waals surface area contributed by atoms with Gasteiger partial charge in [-0.1, -0.05) is 31.0 Å². The van der Waals surface area contributed by atoms with Crippen LogP contribution in [-0.2, 0) is 17.4 Å². The first-order chi connectivity index (χ1) is 19.0. The van der Waals surface area contributed by atoms with Gasteiger partial charge in [0.05, 0.1) is 37.4 Å². The van der Waals surface area contributed by atoms with Crippen molar-refractivity contribution in [2.75, 3.05) is 18.5 Å². The Bertz CT molecular complexity index is 1580. The molecule has 0 fully saturated rings. The van der Waals surface area contributed by atoms with Crippen LogP contribution < -0.4 is 23.8 Å². The number of rotatable bonds is 7. The average Bonchev–Trinajstić information content (AvgIpc) is 2.91. The number of alkyl halides is 3. The molecule has 0 aliphatic carbocycles. The minimum absolute atomic E-state index is 0.0400. The van der Waals surface area contributed by atoms with E-state index in [9.17, 15) is 27.2 Å². The molecule has 0 radical (unpaired) electrons. The van der Waals surface area contributed by atoms with E-state index in [-0.39, 0.29) is 17.0 Å². The number of pyridine rings is 1. The van der Waals surface area contributed by atoms with Crippen molar-refractivity contribution in [1.29, 1.82) is 0 Å². The molecule has 1 heterocycles. The molecule has 1 N–H and O–H groups in total. The summed E-state index contributed by atoms with van der Waals surface area (Å²) in [5, 5.41) is 2.54. The van der Waals surface area contributed by atoms with Gasteiger partial charge in [-0.25, -0.2) is 13.5 Å². The Morgan fingerprint density at radius 3 is 2.38 bits per heavy atom. The predicted octanol–water partition coefficient (Wildman–Crippen LogP) is 6.33. The van der Waals surface area contributed by atoms with Gasteiger partial charge in [-0.05, 0) is 35.9 Å². The maximum absolute atomic E-state index is 14.9. The Balaban J connectivity index is 1.46. The molecule has 208 valence electrons. The standard InChI is InChI=1S/C27H21F4N3O5S/c1-37-23-13-18-20(14-24(23)38-2)32-9-8-22(18)39-17-6-7-21(19(28)12-17)34(40)26(36)33-25(35)11-15-4-3-5-16(10-15)27(29,30)31/h3-10,12-14,40H,11H2,1-2H3,(H,33,35,36). The van der Waals surface area contributed by atoms with Crippen LogP contribution >= 0.6 is 12.8 Å². The zero-order valence-corrected chi connectivity index (χ0v) is 21.8. The fourth-order valence-corrected chi connectivity index (χ4v) is 3.97. The highest BCUT2D eigenvalue weighted by atomic mass is 32.1. The summed E-state index contributed by atoms with van der Waals surface area (Å²) in [7, 11) is 2.97. The Labute approximate surface area is 231 Å². The molecule has 4 rings (SSSR count). The van der Waals surface area contributed by atoms with Crippen molar-refractivity contribution in [1.82, 2.24) is 10.3 Å². The number of anilines is 1. The molecule has 4 aromatic rings. The largest absolute Gasteiger partial charge is 0.493 e. The van der Waals surface area contributed by atoms with Gasteiger partial charge in [0.1, 0.15) is 11.5 Å². The number of methoxy groups -OCH3 is 2. The van der Waals surface area contributed by atoms with Gasteiger partial charge in [0.15, 0.2) is 17.3 Å². The number of hydrogen-bond acceptors (Lipinski definition) is 7. The van der Waals surface area contributed by atoms with Crippen LogP contribution in [0, 0.1) is 5.82 Å². The summed E-state index contributed by atoms with van der Waals surface area (Å²) in [6.07, 6.45) is -3.59. The molecule has 3 aromatic carbocycles. The fourth-order valence-electron chi connectivity index (χ4n) is 3.76. The monoisotopic (exact) mass is 575 g/mol. The maximum atomic E-state index is 14.9. The van der Waals surface area contributed by atoms with E-state index in [1.807, 2.05) is 5.32 Å². The number of urea groups is 1. The van der Waals surface area contributed by atoms with Crippen molar-refractivity contribution in [2.24, 2.45) is 0 Å². The molecule has 0 aliphatic rings. The number of benzene rings is 3. The lowest BCUT2D eigenvalue weighted by Gasteiger charge is -2.18. The number of amides is 3. The molecule has 40 heavy (non-hydrogen) atoms. The summed E-state index contributed by atoms with van der Waals surface area (Å²) < 4.78 is 70.6. The zero-order valence-electron chi connectivity index (χ0n) is 21.0. The number of nitrogens with one attached hydrogen (secondary N) is 1. The lowest BCUT2D eigenvalue weighted by atomic mass is 10.1. The zero-order chi connectivity index (χ0) is 29.0. The van der Waals surface area contributed by atoms with E-state index in [0.717, 1.165) is 24.3 Å².